The molecule has 0 rings (SSSR count). The van der Waals surface area contributed by atoms with Crippen LogP contribution in [0, 0.1) is 0 Å². The molecule has 0 fully saturated rings. The average Bonchev–Trinajstić information content (AvgIpc) is 1.78. The molecule has 0 spiro atoms. The third-order valence-corrected chi connectivity index (χ3v) is 4.20. The van der Waals surface area contributed by atoms with Gasteiger partial charge in [0.25, 0.3) is 0 Å². The Morgan fingerprint density at radius 3 is 2.09 bits per heavy atom. The lowest BCUT2D eigenvalue weighted by atomic mass is 10.5. The molecular formula is C9H21Si2. The molecule has 0 nitrogen and oxygen atoms in total. The predicted molar refractivity (Wildman–Crippen MR) is 59.4 cm³/mol. The van der Waals surface area contributed by atoms with Crippen molar-refractivity contribution in [2.45, 2.75) is 45.2 Å². The van der Waals surface area contributed by atoms with Crippen molar-refractivity contribution in [2.24, 2.45) is 0 Å². The highest BCUT2D eigenvalue weighted by atomic mass is 28.3. The largest absolute Gasteiger partial charge is 0.101 e. The Kier molecular flexibility index (Phi) is 5.01. The smallest absolute Gasteiger partial charge is 0.0688 e. The van der Waals surface area contributed by atoms with Gasteiger partial charge in [-0.25, -0.2) is 0 Å². The first-order chi connectivity index (χ1) is 4.92. The maximum absolute atomic E-state index is 2.44. The van der Waals surface area contributed by atoms with Gasteiger partial charge >= 0.3 is 0 Å². The first kappa shape index (κ1) is 11.2. The van der Waals surface area contributed by atoms with E-state index in [4.69, 9.17) is 0 Å². The molecular weight excluding hydrogens is 164 g/mol. The van der Waals surface area contributed by atoms with Crippen LogP contribution >= 0.6 is 0 Å². The second-order valence-electron chi connectivity index (χ2n) is 4.58. The van der Waals surface area contributed by atoms with Gasteiger partial charge in [-0.2, -0.15) is 0 Å². The van der Waals surface area contributed by atoms with E-state index in [0.717, 1.165) is 0 Å². The highest BCUT2D eigenvalue weighted by Gasteiger charge is 2.10. The summed E-state index contributed by atoms with van der Waals surface area (Å²) in [6.45, 7) is 12.0. The quantitative estimate of drug-likeness (QED) is 0.588. The zero-order valence-corrected chi connectivity index (χ0v) is 10.6. The molecule has 0 amide bonds. The second kappa shape index (κ2) is 4.93. The zero-order valence-electron chi connectivity index (χ0n) is 8.57. The van der Waals surface area contributed by atoms with Crippen molar-refractivity contribution >= 4 is 16.9 Å². The number of allylic oxidation sites excluding steroid dienone is 1. The summed E-state index contributed by atoms with van der Waals surface area (Å²) >= 11 is 0. The van der Waals surface area contributed by atoms with Crippen molar-refractivity contribution in [3.8, 4) is 0 Å². The third-order valence-electron chi connectivity index (χ3n) is 1.51. The molecule has 65 valence electrons. The summed E-state index contributed by atoms with van der Waals surface area (Å²) in [5.74, 6) is 0. The van der Waals surface area contributed by atoms with Gasteiger partial charge in [0.15, 0.2) is 0 Å². The summed E-state index contributed by atoms with van der Waals surface area (Å²) in [7, 11) is -0.886. The van der Waals surface area contributed by atoms with Gasteiger partial charge < -0.3 is 0 Å². The van der Waals surface area contributed by atoms with Crippen molar-refractivity contribution < 1.29 is 0 Å². The first-order valence-electron chi connectivity index (χ1n) is 4.38. The van der Waals surface area contributed by atoms with Crippen LogP contribution in [0.4, 0.5) is 0 Å². The SMILES string of the molecule is C[Si](C)C=CCC[Si](C)(C)C. The Balaban J connectivity index is 3.42. The maximum atomic E-state index is 2.44. The maximum Gasteiger partial charge on any atom is 0.0688 e. The molecule has 0 aliphatic heterocycles. The van der Waals surface area contributed by atoms with Crippen LogP contribution < -0.4 is 0 Å². The van der Waals surface area contributed by atoms with Crippen LogP contribution in [0.3, 0.4) is 0 Å². The van der Waals surface area contributed by atoms with E-state index >= 15 is 0 Å². The van der Waals surface area contributed by atoms with E-state index in [1.807, 2.05) is 0 Å². The minimum atomic E-state index is -0.769. The molecule has 0 aliphatic carbocycles. The number of hydrogen-bond donors (Lipinski definition) is 0. The van der Waals surface area contributed by atoms with Crippen molar-refractivity contribution in [3.63, 3.8) is 0 Å². The van der Waals surface area contributed by atoms with Crippen LogP contribution in [0.2, 0.25) is 38.8 Å². The summed E-state index contributed by atoms with van der Waals surface area (Å²) < 4.78 is 0. The van der Waals surface area contributed by atoms with Crippen molar-refractivity contribution in [1.82, 2.24) is 0 Å². The Hall–Kier alpha value is 0.174. The van der Waals surface area contributed by atoms with Gasteiger partial charge in [0.2, 0.25) is 0 Å². The minimum absolute atomic E-state index is 0.117. The van der Waals surface area contributed by atoms with Crippen LogP contribution in [-0.2, 0) is 0 Å². The monoisotopic (exact) mass is 185 g/mol. The topological polar surface area (TPSA) is 0 Å². The molecule has 0 atom stereocenters. The van der Waals surface area contributed by atoms with E-state index in [1.165, 1.54) is 12.5 Å². The molecule has 1 radical (unpaired) electrons. The van der Waals surface area contributed by atoms with Gasteiger partial charge in [-0.05, 0) is 6.42 Å². The van der Waals surface area contributed by atoms with Crippen molar-refractivity contribution in [3.05, 3.63) is 11.8 Å². The molecule has 0 N–H and O–H groups in total. The molecule has 0 unspecified atom stereocenters. The Morgan fingerprint density at radius 1 is 1.18 bits per heavy atom. The predicted octanol–water partition coefficient (Wildman–Crippen LogP) is 3.56. The first-order valence-corrected chi connectivity index (χ1v) is 10.7. The van der Waals surface area contributed by atoms with Crippen LogP contribution in [0.5, 0.6) is 0 Å². The van der Waals surface area contributed by atoms with Gasteiger partial charge in [-0.3, -0.25) is 0 Å². The molecule has 0 saturated heterocycles. The molecule has 0 aromatic heterocycles. The van der Waals surface area contributed by atoms with E-state index in [1.54, 1.807) is 0 Å². The molecule has 11 heavy (non-hydrogen) atoms. The molecule has 0 aromatic rings. The lowest BCUT2D eigenvalue weighted by Gasteiger charge is -2.13. The minimum Gasteiger partial charge on any atom is -0.101 e. The standard InChI is InChI=1S/C9H21Si2/c1-10(2)8-6-7-9-11(3,4)5/h6,8H,7,9H2,1-5H3. The van der Waals surface area contributed by atoms with Crippen molar-refractivity contribution in [2.75, 3.05) is 0 Å². The van der Waals surface area contributed by atoms with Gasteiger partial charge in [0.1, 0.15) is 0 Å². The molecule has 2 heteroatoms. The number of rotatable bonds is 4. The highest BCUT2D eigenvalue weighted by molar-refractivity contribution is 6.76. The Bertz CT molecular complexity index is 120. The normalized spacial score (nSPS) is 13.3. The van der Waals surface area contributed by atoms with Crippen LogP contribution in [0.1, 0.15) is 6.42 Å². The van der Waals surface area contributed by atoms with Crippen LogP contribution in [0.25, 0.3) is 0 Å². The van der Waals surface area contributed by atoms with Gasteiger partial charge in [0, 0.05) is 8.07 Å². The average molecular weight is 185 g/mol. The lowest BCUT2D eigenvalue weighted by molar-refractivity contribution is 1.16. The molecule has 0 saturated carbocycles. The van der Waals surface area contributed by atoms with E-state index in [9.17, 15) is 0 Å². The molecule has 0 bridgehead atoms. The van der Waals surface area contributed by atoms with Gasteiger partial charge in [0.05, 0.1) is 8.80 Å². The summed E-state index contributed by atoms with van der Waals surface area (Å²) in [6, 6.07) is 1.44. The van der Waals surface area contributed by atoms with Crippen molar-refractivity contribution in [1.29, 1.82) is 0 Å². The van der Waals surface area contributed by atoms with E-state index in [2.05, 4.69) is 44.5 Å². The fourth-order valence-corrected chi connectivity index (χ4v) is 2.51. The van der Waals surface area contributed by atoms with Crippen LogP contribution in [-0.4, -0.2) is 16.9 Å². The number of hydrogen-bond acceptors (Lipinski definition) is 0. The van der Waals surface area contributed by atoms with E-state index in [-0.39, 0.29) is 8.80 Å². The Labute approximate surface area is 74.3 Å². The fourth-order valence-electron chi connectivity index (χ4n) is 0.835. The lowest BCUT2D eigenvalue weighted by Crippen LogP contribution is -2.18. The fraction of sp³-hybridized carbons (Fsp3) is 0.778. The molecule has 0 heterocycles. The summed E-state index contributed by atoms with van der Waals surface area (Å²) in [6.07, 6.45) is 3.69. The molecule has 0 aliphatic rings. The van der Waals surface area contributed by atoms with Gasteiger partial charge in [-0.1, -0.05) is 44.9 Å². The highest BCUT2D eigenvalue weighted by Crippen LogP contribution is 2.11. The molecule has 0 aromatic carbocycles. The second-order valence-corrected chi connectivity index (χ2v) is 12.7. The zero-order chi connectivity index (χ0) is 8.91. The summed E-state index contributed by atoms with van der Waals surface area (Å²) in [4.78, 5) is 0. The van der Waals surface area contributed by atoms with Gasteiger partial charge in [-0.15, -0.1) is 5.70 Å². The Morgan fingerprint density at radius 2 is 1.73 bits per heavy atom. The summed E-state index contributed by atoms with van der Waals surface area (Å²) in [5, 5.41) is 0. The summed E-state index contributed by atoms with van der Waals surface area (Å²) in [5.41, 5.74) is 2.41. The van der Waals surface area contributed by atoms with Crippen LogP contribution in [0.15, 0.2) is 11.8 Å². The van der Waals surface area contributed by atoms with E-state index < -0.39 is 8.07 Å². The third kappa shape index (κ3) is 10.2. The van der Waals surface area contributed by atoms with E-state index in [0.29, 0.717) is 0 Å².